The zero-order chi connectivity index (χ0) is 21.2. The van der Waals surface area contributed by atoms with Gasteiger partial charge in [-0.2, -0.15) is 18.3 Å². The van der Waals surface area contributed by atoms with Gasteiger partial charge < -0.3 is 19.3 Å². The van der Waals surface area contributed by atoms with E-state index in [1.54, 1.807) is 18.2 Å². The summed E-state index contributed by atoms with van der Waals surface area (Å²) in [6.07, 6.45) is -3.91. The molecule has 29 heavy (non-hydrogen) atoms. The molecule has 2 heterocycles. The fourth-order valence-electron chi connectivity index (χ4n) is 3.09. The van der Waals surface area contributed by atoms with Crippen molar-refractivity contribution in [2.45, 2.75) is 19.1 Å². The summed E-state index contributed by atoms with van der Waals surface area (Å²) in [7, 11) is 5.00. The zero-order valence-corrected chi connectivity index (χ0v) is 16.5. The number of carbonyl (C=O) groups is 1. The second-order valence-corrected chi connectivity index (χ2v) is 7.11. The molecule has 0 fully saturated rings. The summed E-state index contributed by atoms with van der Waals surface area (Å²) in [5.74, 6) is 0.659. The van der Waals surface area contributed by atoms with Gasteiger partial charge in [-0.05, 0) is 44.8 Å². The number of carbonyl (C=O) groups excluding carboxylic acids is 1. The highest BCUT2D eigenvalue weighted by Crippen LogP contribution is 2.33. The van der Waals surface area contributed by atoms with Gasteiger partial charge in [0.2, 0.25) is 6.79 Å². The van der Waals surface area contributed by atoms with Crippen molar-refractivity contribution in [1.82, 2.24) is 19.6 Å². The fourth-order valence-corrected chi connectivity index (χ4v) is 3.09. The van der Waals surface area contributed by atoms with Crippen LogP contribution in [0.15, 0.2) is 24.3 Å². The summed E-state index contributed by atoms with van der Waals surface area (Å²) in [6.45, 7) is 1.48. The number of benzene rings is 1. The SMILES string of the molecule is CN(C)CCCN(Cc1ccc2c(c1)OCO2)C(=O)c1cc(C(F)(F)F)n(C)n1. The van der Waals surface area contributed by atoms with Crippen molar-refractivity contribution in [3.05, 3.63) is 41.2 Å². The lowest BCUT2D eigenvalue weighted by molar-refractivity contribution is -0.143. The molecule has 1 amide bonds. The van der Waals surface area contributed by atoms with Crippen molar-refractivity contribution in [3.63, 3.8) is 0 Å². The molecule has 7 nitrogen and oxygen atoms in total. The van der Waals surface area contributed by atoms with E-state index in [0.29, 0.717) is 29.1 Å². The van der Waals surface area contributed by atoms with Crippen LogP contribution in [0.2, 0.25) is 0 Å². The maximum absolute atomic E-state index is 13.1. The first-order chi connectivity index (χ1) is 13.6. The third-order valence-electron chi connectivity index (χ3n) is 4.52. The molecule has 1 aromatic carbocycles. The topological polar surface area (TPSA) is 59.8 Å². The first-order valence-electron chi connectivity index (χ1n) is 9.09. The summed E-state index contributed by atoms with van der Waals surface area (Å²) in [5.41, 5.74) is -0.401. The second kappa shape index (κ2) is 8.32. The fraction of sp³-hybridized carbons (Fsp3) is 0.474. The molecule has 0 spiro atoms. The predicted molar refractivity (Wildman–Crippen MR) is 98.7 cm³/mol. The number of nitrogens with zero attached hydrogens (tertiary/aromatic N) is 4. The Morgan fingerprint density at radius 1 is 1.17 bits per heavy atom. The molecular formula is C19H23F3N4O3. The lowest BCUT2D eigenvalue weighted by Crippen LogP contribution is -2.33. The lowest BCUT2D eigenvalue weighted by atomic mass is 10.1. The Morgan fingerprint density at radius 3 is 2.55 bits per heavy atom. The summed E-state index contributed by atoms with van der Waals surface area (Å²) in [4.78, 5) is 16.4. The van der Waals surface area contributed by atoms with Crippen LogP contribution in [0.1, 0.15) is 28.2 Å². The minimum atomic E-state index is -4.58. The molecule has 1 aliphatic heterocycles. The molecule has 0 unspecified atom stereocenters. The first kappa shape index (κ1) is 21.0. The molecule has 0 saturated carbocycles. The van der Waals surface area contributed by atoms with E-state index in [1.165, 1.54) is 11.9 Å². The number of hydrogen-bond donors (Lipinski definition) is 0. The Kier molecular flexibility index (Phi) is 6.02. The van der Waals surface area contributed by atoms with Crippen LogP contribution in [-0.4, -0.2) is 59.5 Å². The van der Waals surface area contributed by atoms with E-state index in [9.17, 15) is 18.0 Å². The van der Waals surface area contributed by atoms with Gasteiger partial charge in [0.05, 0.1) is 0 Å². The third kappa shape index (κ3) is 5.00. The normalized spacial score (nSPS) is 13.2. The molecule has 1 aliphatic rings. The van der Waals surface area contributed by atoms with Gasteiger partial charge in [0.15, 0.2) is 17.2 Å². The number of amides is 1. The number of ether oxygens (including phenoxy) is 2. The van der Waals surface area contributed by atoms with Crippen molar-refractivity contribution in [3.8, 4) is 11.5 Å². The maximum atomic E-state index is 13.1. The van der Waals surface area contributed by atoms with Gasteiger partial charge in [-0.25, -0.2) is 0 Å². The molecule has 0 bridgehead atoms. The van der Waals surface area contributed by atoms with E-state index >= 15 is 0 Å². The number of alkyl halides is 3. The van der Waals surface area contributed by atoms with Crippen LogP contribution in [0.3, 0.4) is 0 Å². The standard InChI is InChI=1S/C19H23F3N4O3/c1-24(2)7-4-8-26(11-13-5-6-15-16(9-13)29-12-28-15)18(27)14-10-17(19(20,21)22)25(3)23-14/h5-6,9-10H,4,7-8,11-12H2,1-3H3. The highest BCUT2D eigenvalue weighted by molar-refractivity contribution is 5.92. The van der Waals surface area contributed by atoms with Crippen LogP contribution in [-0.2, 0) is 19.8 Å². The minimum Gasteiger partial charge on any atom is -0.454 e. The number of halogens is 3. The van der Waals surface area contributed by atoms with E-state index in [4.69, 9.17) is 9.47 Å². The van der Waals surface area contributed by atoms with E-state index < -0.39 is 17.8 Å². The van der Waals surface area contributed by atoms with Crippen molar-refractivity contribution < 1.29 is 27.4 Å². The molecule has 10 heteroatoms. The quantitative estimate of drug-likeness (QED) is 0.700. The Bertz CT molecular complexity index is 880. The number of aromatic nitrogens is 2. The molecule has 0 N–H and O–H groups in total. The summed E-state index contributed by atoms with van der Waals surface area (Å²) >= 11 is 0. The Hall–Kier alpha value is -2.75. The van der Waals surface area contributed by atoms with Gasteiger partial charge in [0.25, 0.3) is 5.91 Å². The highest BCUT2D eigenvalue weighted by atomic mass is 19.4. The van der Waals surface area contributed by atoms with Gasteiger partial charge in [-0.1, -0.05) is 6.07 Å². The molecule has 0 radical (unpaired) electrons. The molecule has 0 saturated heterocycles. The Balaban J connectivity index is 1.81. The summed E-state index contributed by atoms with van der Waals surface area (Å²) in [5, 5.41) is 3.79. The van der Waals surface area contributed by atoms with Gasteiger partial charge >= 0.3 is 6.18 Å². The Labute approximate surface area is 166 Å². The molecule has 0 aliphatic carbocycles. The summed E-state index contributed by atoms with van der Waals surface area (Å²) in [6, 6.07) is 6.12. The Morgan fingerprint density at radius 2 is 1.90 bits per heavy atom. The minimum absolute atomic E-state index is 0.137. The van der Waals surface area contributed by atoms with Crippen molar-refractivity contribution >= 4 is 5.91 Å². The van der Waals surface area contributed by atoms with Gasteiger partial charge in [-0.15, -0.1) is 0 Å². The van der Waals surface area contributed by atoms with Gasteiger partial charge in [0.1, 0.15) is 5.69 Å². The monoisotopic (exact) mass is 412 g/mol. The molecule has 158 valence electrons. The molecule has 0 atom stereocenters. The predicted octanol–water partition coefficient (Wildman–Crippen LogP) is 2.76. The van der Waals surface area contributed by atoms with E-state index in [-0.39, 0.29) is 19.0 Å². The molecule has 3 rings (SSSR count). The van der Waals surface area contributed by atoms with Crippen LogP contribution in [0.4, 0.5) is 13.2 Å². The number of hydrogen-bond acceptors (Lipinski definition) is 5. The van der Waals surface area contributed by atoms with Crippen molar-refractivity contribution in [1.29, 1.82) is 0 Å². The summed E-state index contributed by atoms with van der Waals surface area (Å²) < 4.78 is 50.6. The number of fused-ring (bicyclic) bond motifs is 1. The third-order valence-corrected chi connectivity index (χ3v) is 4.52. The average molecular weight is 412 g/mol. The molecule has 2 aromatic rings. The average Bonchev–Trinajstić information content (AvgIpc) is 3.25. The van der Waals surface area contributed by atoms with Crippen molar-refractivity contribution in [2.75, 3.05) is 34.0 Å². The first-order valence-corrected chi connectivity index (χ1v) is 9.09. The smallest absolute Gasteiger partial charge is 0.433 e. The molecule has 1 aromatic heterocycles. The van der Waals surface area contributed by atoms with Crippen molar-refractivity contribution in [2.24, 2.45) is 7.05 Å². The van der Waals surface area contributed by atoms with Crippen LogP contribution in [0.5, 0.6) is 11.5 Å². The second-order valence-electron chi connectivity index (χ2n) is 7.11. The molecular weight excluding hydrogens is 389 g/mol. The number of rotatable bonds is 7. The zero-order valence-electron chi connectivity index (χ0n) is 16.5. The highest BCUT2D eigenvalue weighted by Gasteiger charge is 2.36. The van der Waals surface area contributed by atoms with Crippen LogP contribution in [0.25, 0.3) is 0 Å². The van der Waals surface area contributed by atoms with E-state index in [1.807, 2.05) is 19.0 Å². The van der Waals surface area contributed by atoms with E-state index in [2.05, 4.69) is 5.10 Å². The van der Waals surface area contributed by atoms with Crippen LogP contribution in [0, 0.1) is 0 Å². The maximum Gasteiger partial charge on any atom is 0.433 e. The van der Waals surface area contributed by atoms with Gasteiger partial charge in [-0.3, -0.25) is 9.48 Å². The van der Waals surface area contributed by atoms with Gasteiger partial charge in [0, 0.05) is 26.2 Å². The largest absolute Gasteiger partial charge is 0.454 e. The van der Waals surface area contributed by atoms with E-state index in [0.717, 1.165) is 18.2 Å². The lowest BCUT2D eigenvalue weighted by Gasteiger charge is -2.23. The van der Waals surface area contributed by atoms with Crippen LogP contribution < -0.4 is 9.47 Å². The van der Waals surface area contributed by atoms with Crippen LogP contribution >= 0.6 is 0 Å². The number of aryl methyl sites for hydroxylation is 1.